The molecule has 0 bridgehead atoms. The van der Waals surface area contributed by atoms with Crippen LogP contribution in [-0.2, 0) is 0 Å². The number of fused-ring (bicyclic) bond motifs is 1. The molecule has 0 aliphatic carbocycles. The maximum Gasteiger partial charge on any atom is 0.218 e. The van der Waals surface area contributed by atoms with Crippen LogP contribution in [0, 0.1) is 17.3 Å². The molecule has 0 spiro atoms. The average Bonchev–Trinajstić information content (AvgIpc) is 2.49. The monoisotopic (exact) mass is 176 g/mol. The Morgan fingerprint density at radius 1 is 1.54 bits per heavy atom. The van der Waals surface area contributed by atoms with Crippen molar-refractivity contribution in [1.82, 2.24) is 9.38 Å². The summed E-state index contributed by atoms with van der Waals surface area (Å²) in [5.41, 5.74) is 5.80. The van der Waals surface area contributed by atoms with Crippen LogP contribution < -0.4 is 5.73 Å². The van der Waals surface area contributed by atoms with Gasteiger partial charge in [-0.15, -0.1) is 0 Å². The van der Waals surface area contributed by atoms with Crippen LogP contribution in [0.4, 0.5) is 10.2 Å². The van der Waals surface area contributed by atoms with Crippen molar-refractivity contribution in [3.63, 3.8) is 0 Å². The van der Waals surface area contributed by atoms with E-state index in [1.807, 2.05) is 0 Å². The van der Waals surface area contributed by atoms with E-state index < -0.39 is 5.95 Å². The summed E-state index contributed by atoms with van der Waals surface area (Å²) in [6.07, 6.45) is 1.35. The minimum Gasteiger partial charge on any atom is -0.383 e. The predicted octanol–water partition coefficient (Wildman–Crippen LogP) is 0.927. The smallest absolute Gasteiger partial charge is 0.218 e. The molecule has 5 heteroatoms. The fourth-order valence-corrected chi connectivity index (χ4v) is 1.14. The van der Waals surface area contributed by atoms with Crippen LogP contribution in [0.2, 0.25) is 0 Å². The Morgan fingerprint density at radius 3 is 3.00 bits per heavy atom. The summed E-state index contributed by atoms with van der Waals surface area (Å²) in [4.78, 5) is 3.84. The zero-order chi connectivity index (χ0) is 9.42. The first kappa shape index (κ1) is 7.55. The van der Waals surface area contributed by atoms with E-state index in [2.05, 4.69) is 4.98 Å². The highest BCUT2D eigenvalue weighted by atomic mass is 19.1. The van der Waals surface area contributed by atoms with Crippen LogP contribution in [0.3, 0.4) is 0 Å². The molecule has 0 saturated carbocycles. The molecule has 2 heterocycles. The third-order valence-electron chi connectivity index (χ3n) is 1.75. The lowest BCUT2D eigenvalue weighted by atomic mass is 10.3. The highest BCUT2D eigenvalue weighted by Crippen LogP contribution is 2.14. The van der Waals surface area contributed by atoms with E-state index in [1.165, 1.54) is 18.3 Å². The van der Waals surface area contributed by atoms with Gasteiger partial charge in [0.2, 0.25) is 5.95 Å². The van der Waals surface area contributed by atoms with E-state index in [1.54, 1.807) is 6.07 Å². The number of imidazole rings is 1. The fraction of sp³-hybridized carbons (Fsp3) is 0. The molecule has 0 unspecified atom stereocenters. The minimum atomic E-state index is -0.671. The van der Waals surface area contributed by atoms with Crippen molar-refractivity contribution in [1.29, 1.82) is 5.26 Å². The van der Waals surface area contributed by atoms with E-state index in [-0.39, 0.29) is 11.4 Å². The van der Waals surface area contributed by atoms with Gasteiger partial charge >= 0.3 is 0 Å². The normalized spacial score (nSPS) is 10.2. The van der Waals surface area contributed by atoms with Gasteiger partial charge in [-0.1, -0.05) is 0 Å². The zero-order valence-corrected chi connectivity index (χ0v) is 6.53. The summed E-state index contributed by atoms with van der Waals surface area (Å²) in [5.74, 6) is -0.486. The summed E-state index contributed by atoms with van der Waals surface area (Å²) in [5, 5.41) is 8.54. The van der Waals surface area contributed by atoms with Gasteiger partial charge in [0.05, 0.1) is 6.20 Å². The number of hydrogen-bond donors (Lipinski definition) is 1. The van der Waals surface area contributed by atoms with Crippen LogP contribution in [0.5, 0.6) is 0 Å². The summed E-state index contributed by atoms with van der Waals surface area (Å²) in [7, 11) is 0. The van der Waals surface area contributed by atoms with Crippen LogP contribution in [-0.4, -0.2) is 9.38 Å². The lowest BCUT2D eigenvalue weighted by Crippen LogP contribution is -2.00. The van der Waals surface area contributed by atoms with Crippen LogP contribution in [0.1, 0.15) is 5.56 Å². The largest absolute Gasteiger partial charge is 0.383 e. The molecule has 0 aromatic carbocycles. The molecule has 0 amide bonds. The van der Waals surface area contributed by atoms with Gasteiger partial charge < -0.3 is 5.73 Å². The first-order valence-electron chi connectivity index (χ1n) is 3.55. The van der Waals surface area contributed by atoms with Gasteiger partial charge in [0.25, 0.3) is 0 Å². The second-order valence-corrected chi connectivity index (χ2v) is 2.53. The van der Waals surface area contributed by atoms with Crippen molar-refractivity contribution in [2.45, 2.75) is 0 Å². The number of nitrogens with zero attached hydrogens (tertiary/aromatic N) is 3. The first-order chi connectivity index (χ1) is 6.24. The van der Waals surface area contributed by atoms with Crippen LogP contribution >= 0.6 is 0 Å². The Kier molecular flexibility index (Phi) is 1.43. The molecule has 13 heavy (non-hydrogen) atoms. The molecule has 64 valence electrons. The second kappa shape index (κ2) is 2.45. The fourth-order valence-electron chi connectivity index (χ4n) is 1.14. The highest BCUT2D eigenvalue weighted by Gasteiger charge is 2.09. The number of pyridine rings is 1. The Labute approximate surface area is 73.0 Å². The molecule has 2 aromatic rings. The molecule has 0 aliphatic rings. The molecule has 0 aliphatic heterocycles. The lowest BCUT2D eigenvalue weighted by Gasteiger charge is -1.99. The van der Waals surface area contributed by atoms with Gasteiger partial charge in [0.1, 0.15) is 23.1 Å². The number of rotatable bonds is 0. The van der Waals surface area contributed by atoms with E-state index in [0.717, 1.165) is 4.40 Å². The summed E-state index contributed by atoms with van der Waals surface area (Å²) in [6.45, 7) is 0. The summed E-state index contributed by atoms with van der Waals surface area (Å²) >= 11 is 0. The third-order valence-corrected chi connectivity index (χ3v) is 1.75. The molecule has 0 saturated heterocycles. The topological polar surface area (TPSA) is 67.1 Å². The average molecular weight is 176 g/mol. The van der Waals surface area contributed by atoms with Crippen molar-refractivity contribution in [3.8, 4) is 6.07 Å². The molecular weight excluding hydrogens is 171 g/mol. The molecule has 4 nitrogen and oxygen atoms in total. The van der Waals surface area contributed by atoms with E-state index in [9.17, 15) is 4.39 Å². The van der Waals surface area contributed by atoms with E-state index in [4.69, 9.17) is 11.0 Å². The second-order valence-electron chi connectivity index (χ2n) is 2.53. The van der Waals surface area contributed by atoms with Crippen molar-refractivity contribution in [3.05, 3.63) is 29.8 Å². The highest BCUT2D eigenvalue weighted by molar-refractivity contribution is 5.50. The quantitative estimate of drug-likeness (QED) is 0.607. The number of nitrogen functional groups attached to an aromatic ring is 1. The first-order valence-corrected chi connectivity index (χ1v) is 3.55. The zero-order valence-electron chi connectivity index (χ0n) is 6.53. The van der Waals surface area contributed by atoms with E-state index >= 15 is 0 Å². The summed E-state index contributed by atoms with van der Waals surface area (Å²) < 4.78 is 14.5. The van der Waals surface area contributed by atoms with Crippen molar-refractivity contribution in [2.75, 3.05) is 5.73 Å². The van der Waals surface area contributed by atoms with E-state index in [0.29, 0.717) is 5.65 Å². The minimum absolute atomic E-state index is 0.0443. The van der Waals surface area contributed by atoms with Gasteiger partial charge in [-0.3, -0.25) is 4.40 Å². The number of nitriles is 1. The molecule has 2 rings (SSSR count). The van der Waals surface area contributed by atoms with Gasteiger partial charge in [0.15, 0.2) is 0 Å². The maximum absolute atomic E-state index is 13.4. The lowest BCUT2D eigenvalue weighted by molar-refractivity contribution is 0.566. The molecule has 2 aromatic heterocycles. The third kappa shape index (κ3) is 0.924. The number of hydrogen-bond acceptors (Lipinski definition) is 3. The van der Waals surface area contributed by atoms with Crippen LogP contribution in [0.15, 0.2) is 18.3 Å². The van der Waals surface area contributed by atoms with Gasteiger partial charge in [-0.2, -0.15) is 9.65 Å². The van der Waals surface area contributed by atoms with Crippen molar-refractivity contribution >= 4 is 11.5 Å². The molecular formula is C8H5FN4. The molecule has 0 radical (unpaired) electrons. The standard InChI is InChI=1S/C8H5FN4/c9-8-5(3-10)1-2-7-12-4-6(11)13(7)8/h1-2,4H,11H2. The number of halogens is 1. The van der Waals surface area contributed by atoms with Gasteiger partial charge in [0, 0.05) is 0 Å². The summed E-state index contributed by atoms with van der Waals surface area (Å²) in [6, 6.07) is 4.64. The number of anilines is 1. The van der Waals surface area contributed by atoms with Gasteiger partial charge in [-0.05, 0) is 12.1 Å². The van der Waals surface area contributed by atoms with Crippen molar-refractivity contribution < 1.29 is 4.39 Å². The van der Waals surface area contributed by atoms with Gasteiger partial charge in [-0.25, -0.2) is 4.98 Å². The number of aromatic nitrogens is 2. The Balaban J connectivity index is 2.93. The molecule has 2 N–H and O–H groups in total. The predicted molar refractivity (Wildman–Crippen MR) is 44.3 cm³/mol. The Morgan fingerprint density at radius 2 is 2.31 bits per heavy atom. The maximum atomic E-state index is 13.4. The van der Waals surface area contributed by atoms with Crippen molar-refractivity contribution in [2.24, 2.45) is 0 Å². The Hall–Kier alpha value is -2.09. The Bertz CT molecular complexity index is 509. The van der Waals surface area contributed by atoms with Crippen LogP contribution in [0.25, 0.3) is 5.65 Å². The SMILES string of the molecule is N#Cc1ccc2ncc(N)n2c1F. The number of nitrogens with two attached hydrogens (primary N) is 1. The molecule has 0 atom stereocenters. The molecule has 0 fully saturated rings.